The molecule has 1 saturated carbocycles. The average molecular weight is 269 g/mol. The standard InChI is InChI=1S/C15H27NO3/c1-11-8-12(10-15(2,3)9-11)19-14(18)7-6-13(17)16(4)5/h11-12H,6-10H2,1-5H3/t11-,12?/m1/s1. The normalized spacial score (nSPS) is 25.7. The zero-order valence-corrected chi connectivity index (χ0v) is 12.9. The summed E-state index contributed by atoms with van der Waals surface area (Å²) < 4.78 is 5.52. The molecule has 110 valence electrons. The highest BCUT2D eigenvalue weighted by molar-refractivity contribution is 5.81. The van der Waals surface area contributed by atoms with Crippen LogP contribution in [0.15, 0.2) is 0 Å². The molecule has 0 spiro atoms. The second-order valence-electron chi connectivity index (χ2n) is 6.81. The molecule has 1 rings (SSSR count). The Bertz CT molecular complexity index is 336. The molecule has 0 radical (unpaired) electrons. The van der Waals surface area contributed by atoms with Crippen LogP contribution in [0.1, 0.15) is 52.9 Å². The summed E-state index contributed by atoms with van der Waals surface area (Å²) in [5, 5.41) is 0. The smallest absolute Gasteiger partial charge is 0.306 e. The summed E-state index contributed by atoms with van der Waals surface area (Å²) in [6, 6.07) is 0. The molecule has 1 aliphatic carbocycles. The van der Waals surface area contributed by atoms with Gasteiger partial charge < -0.3 is 9.64 Å². The average Bonchev–Trinajstić information content (AvgIpc) is 2.22. The number of rotatable bonds is 4. The van der Waals surface area contributed by atoms with Crippen molar-refractivity contribution in [3.63, 3.8) is 0 Å². The fourth-order valence-electron chi connectivity index (χ4n) is 3.03. The van der Waals surface area contributed by atoms with E-state index in [2.05, 4.69) is 20.8 Å². The van der Waals surface area contributed by atoms with E-state index >= 15 is 0 Å². The molecule has 0 aliphatic heterocycles. The van der Waals surface area contributed by atoms with Gasteiger partial charge in [0.15, 0.2) is 0 Å². The SMILES string of the molecule is C[C@@H]1CC(OC(=O)CCC(=O)N(C)C)CC(C)(C)C1. The van der Waals surface area contributed by atoms with Gasteiger partial charge in [0.1, 0.15) is 6.10 Å². The fraction of sp³-hybridized carbons (Fsp3) is 0.867. The highest BCUT2D eigenvalue weighted by Crippen LogP contribution is 2.39. The highest BCUT2D eigenvalue weighted by Gasteiger charge is 2.33. The fourth-order valence-corrected chi connectivity index (χ4v) is 3.03. The molecule has 0 heterocycles. The molecule has 0 aromatic rings. The molecular weight excluding hydrogens is 242 g/mol. The molecule has 0 bridgehead atoms. The van der Waals surface area contributed by atoms with Gasteiger partial charge in [0.05, 0.1) is 6.42 Å². The molecule has 0 saturated heterocycles. The van der Waals surface area contributed by atoms with Crippen molar-refractivity contribution in [1.29, 1.82) is 0 Å². The number of carbonyl (C=O) groups excluding carboxylic acids is 2. The van der Waals surface area contributed by atoms with Crippen LogP contribution in [0.3, 0.4) is 0 Å². The van der Waals surface area contributed by atoms with Crippen molar-refractivity contribution in [1.82, 2.24) is 4.90 Å². The van der Waals surface area contributed by atoms with Gasteiger partial charge in [-0.3, -0.25) is 9.59 Å². The first-order valence-electron chi connectivity index (χ1n) is 7.09. The third kappa shape index (κ3) is 5.62. The minimum atomic E-state index is -0.245. The van der Waals surface area contributed by atoms with Gasteiger partial charge in [-0.25, -0.2) is 0 Å². The van der Waals surface area contributed by atoms with Crippen LogP contribution < -0.4 is 0 Å². The summed E-state index contributed by atoms with van der Waals surface area (Å²) >= 11 is 0. The first kappa shape index (κ1) is 16.0. The van der Waals surface area contributed by atoms with E-state index in [-0.39, 0.29) is 36.2 Å². The van der Waals surface area contributed by atoms with E-state index in [1.807, 2.05) is 0 Å². The monoisotopic (exact) mass is 269 g/mol. The Labute approximate surface area is 116 Å². The van der Waals surface area contributed by atoms with Crippen LogP contribution in [0.2, 0.25) is 0 Å². The minimum absolute atomic E-state index is 0.0145. The molecule has 4 nitrogen and oxygen atoms in total. The number of hydrogen-bond donors (Lipinski definition) is 0. The zero-order chi connectivity index (χ0) is 14.6. The van der Waals surface area contributed by atoms with E-state index in [1.54, 1.807) is 14.1 Å². The molecule has 19 heavy (non-hydrogen) atoms. The first-order valence-corrected chi connectivity index (χ1v) is 7.09. The van der Waals surface area contributed by atoms with Gasteiger partial charge in [-0.2, -0.15) is 0 Å². The summed E-state index contributed by atoms with van der Waals surface area (Å²) in [5.74, 6) is 0.310. The lowest BCUT2D eigenvalue weighted by molar-refractivity contribution is -0.154. The Kier molecular flexibility index (Phi) is 5.39. The molecule has 4 heteroatoms. The van der Waals surface area contributed by atoms with Crippen molar-refractivity contribution in [2.75, 3.05) is 14.1 Å². The van der Waals surface area contributed by atoms with Crippen LogP contribution in [-0.4, -0.2) is 37.0 Å². The summed E-state index contributed by atoms with van der Waals surface area (Å²) in [4.78, 5) is 24.7. The van der Waals surface area contributed by atoms with Gasteiger partial charge in [0.2, 0.25) is 5.91 Å². The van der Waals surface area contributed by atoms with Gasteiger partial charge in [-0.05, 0) is 30.6 Å². The Morgan fingerprint density at radius 2 is 1.84 bits per heavy atom. The largest absolute Gasteiger partial charge is 0.462 e. The molecule has 0 N–H and O–H groups in total. The molecule has 0 aromatic carbocycles. The van der Waals surface area contributed by atoms with E-state index < -0.39 is 0 Å². The van der Waals surface area contributed by atoms with Gasteiger partial charge in [0.25, 0.3) is 0 Å². The van der Waals surface area contributed by atoms with E-state index in [0.29, 0.717) is 5.92 Å². The maximum absolute atomic E-state index is 11.8. The minimum Gasteiger partial charge on any atom is -0.462 e. The van der Waals surface area contributed by atoms with Crippen LogP contribution in [0.5, 0.6) is 0 Å². The second kappa shape index (κ2) is 6.40. The molecule has 2 atom stereocenters. The molecule has 1 fully saturated rings. The van der Waals surface area contributed by atoms with Gasteiger partial charge in [0, 0.05) is 20.5 Å². The predicted molar refractivity (Wildman–Crippen MR) is 74.6 cm³/mol. The third-order valence-electron chi connectivity index (χ3n) is 3.69. The molecule has 1 unspecified atom stereocenters. The zero-order valence-electron chi connectivity index (χ0n) is 12.9. The van der Waals surface area contributed by atoms with Crippen LogP contribution in [0.4, 0.5) is 0 Å². The van der Waals surface area contributed by atoms with Crippen molar-refractivity contribution < 1.29 is 14.3 Å². The van der Waals surface area contributed by atoms with Crippen molar-refractivity contribution in [3.05, 3.63) is 0 Å². The quantitative estimate of drug-likeness (QED) is 0.737. The lowest BCUT2D eigenvalue weighted by Gasteiger charge is -2.38. The maximum atomic E-state index is 11.8. The first-order chi connectivity index (χ1) is 8.69. The molecule has 1 aliphatic rings. The highest BCUT2D eigenvalue weighted by atomic mass is 16.5. The number of nitrogens with zero attached hydrogens (tertiary/aromatic N) is 1. The lowest BCUT2D eigenvalue weighted by Crippen LogP contribution is -2.34. The van der Waals surface area contributed by atoms with E-state index in [9.17, 15) is 9.59 Å². The van der Waals surface area contributed by atoms with Crippen LogP contribution in [0, 0.1) is 11.3 Å². The Morgan fingerprint density at radius 1 is 1.21 bits per heavy atom. The summed E-state index contributed by atoms with van der Waals surface area (Å²) in [7, 11) is 3.39. The van der Waals surface area contributed by atoms with Crippen molar-refractivity contribution in [2.45, 2.75) is 59.0 Å². The van der Waals surface area contributed by atoms with Crippen molar-refractivity contribution in [3.8, 4) is 0 Å². The molecular formula is C15H27NO3. The van der Waals surface area contributed by atoms with Gasteiger partial charge >= 0.3 is 5.97 Å². The summed E-state index contributed by atoms with van der Waals surface area (Å²) in [5.41, 5.74) is 0.238. The van der Waals surface area contributed by atoms with Crippen LogP contribution in [-0.2, 0) is 14.3 Å². The van der Waals surface area contributed by atoms with Crippen molar-refractivity contribution in [2.24, 2.45) is 11.3 Å². The van der Waals surface area contributed by atoms with Crippen LogP contribution >= 0.6 is 0 Å². The predicted octanol–water partition coefficient (Wildman–Crippen LogP) is 2.61. The number of hydrogen-bond acceptors (Lipinski definition) is 3. The number of amides is 1. The van der Waals surface area contributed by atoms with Crippen LogP contribution in [0.25, 0.3) is 0 Å². The topological polar surface area (TPSA) is 46.6 Å². The molecule has 1 amide bonds. The maximum Gasteiger partial charge on any atom is 0.306 e. The van der Waals surface area contributed by atoms with E-state index in [0.717, 1.165) is 12.8 Å². The Morgan fingerprint density at radius 3 is 2.37 bits per heavy atom. The lowest BCUT2D eigenvalue weighted by atomic mass is 9.71. The number of esters is 1. The van der Waals surface area contributed by atoms with Gasteiger partial charge in [-0.15, -0.1) is 0 Å². The van der Waals surface area contributed by atoms with E-state index in [1.165, 1.54) is 11.3 Å². The second-order valence-corrected chi connectivity index (χ2v) is 6.81. The van der Waals surface area contributed by atoms with Gasteiger partial charge in [-0.1, -0.05) is 20.8 Å². The molecule has 0 aromatic heterocycles. The summed E-state index contributed by atoms with van der Waals surface area (Å²) in [6.45, 7) is 6.65. The van der Waals surface area contributed by atoms with E-state index in [4.69, 9.17) is 4.74 Å². The number of carbonyl (C=O) groups is 2. The van der Waals surface area contributed by atoms with Crippen molar-refractivity contribution >= 4 is 11.9 Å². The Hall–Kier alpha value is -1.06. The summed E-state index contributed by atoms with van der Waals surface area (Å²) in [6.07, 6.45) is 3.47. The third-order valence-corrected chi connectivity index (χ3v) is 3.69. The Balaban J connectivity index is 2.38. The number of ether oxygens (including phenoxy) is 1.